The van der Waals surface area contributed by atoms with E-state index in [1.165, 1.54) is 138 Å². The topological polar surface area (TPSA) is 18.0 Å². The molecule has 12 rings (SSSR count). The molecular formula is C65H68N4S2. The molecule has 71 heavy (non-hydrogen) atoms. The number of benzene rings is 6. The van der Waals surface area contributed by atoms with Crippen molar-refractivity contribution in [3.05, 3.63) is 161 Å². The molecule has 5 aromatic heterocycles. The van der Waals surface area contributed by atoms with Gasteiger partial charge in [-0.1, -0.05) is 107 Å². The van der Waals surface area contributed by atoms with E-state index in [1.54, 1.807) is 0 Å². The number of hydrogen-bond acceptors (Lipinski definition) is 3. The van der Waals surface area contributed by atoms with E-state index in [1.807, 2.05) is 22.7 Å². The van der Waals surface area contributed by atoms with Crippen molar-refractivity contribution in [2.75, 3.05) is 13.6 Å². The molecule has 360 valence electrons. The molecule has 0 aliphatic carbocycles. The summed E-state index contributed by atoms with van der Waals surface area (Å²) in [6.07, 6.45) is 2.52. The third kappa shape index (κ3) is 7.62. The molecule has 0 bridgehead atoms. The molecule has 1 saturated heterocycles. The Hall–Kier alpha value is -5.92. The molecule has 4 nitrogen and oxygen atoms in total. The van der Waals surface area contributed by atoms with Gasteiger partial charge in [0.2, 0.25) is 0 Å². The molecule has 1 aliphatic rings. The van der Waals surface area contributed by atoms with Crippen molar-refractivity contribution in [3.8, 4) is 26.1 Å². The van der Waals surface area contributed by atoms with Crippen LogP contribution < -0.4 is 0 Å². The number of nitrogens with zero attached hydrogens (tertiary/aromatic N) is 4. The van der Waals surface area contributed by atoms with Crippen molar-refractivity contribution in [2.24, 2.45) is 0 Å². The average Bonchev–Trinajstić information content (AvgIpc) is 4.18. The van der Waals surface area contributed by atoms with Crippen LogP contribution in [0.25, 0.3) is 91.5 Å². The first-order chi connectivity index (χ1) is 33.6. The van der Waals surface area contributed by atoms with Gasteiger partial charge in [-0.15, -0.1) is 22.7 Å². The van der Waals surface area contributed by atoms with Gasteiger partial charge in [-0.3, -0.25) is 4.90 Å². The van der Waals surface area contributed by atoms with Gasteiger partial charge < -0.3 is 13.7 Å². The van der Waals surface area contributed by atoms with E-state index < -0.39 is 0 Å². The lowest BCUT2D eigenvalue weighted by Crippen LogP contribution is -2.16. The molecule has 0 saturated carbocycles. The number of thiophene rings is 2. The first kappa shape index (κ1) is 46.2. The number of fused-ring (bicyclic) bond motifs is 9. The molecule has 0 amide bonds. The van der Waals surface area contributed by atoms with E-state index in [2.05, 4.69) is 242 Å². The normalized spacial score (nSPS) is 15.6. The molecule has 11 aromatic rings. The van der Waals surface area contributed by atoms with Crippen LogP contribution in [0.5, 0.6) is 0 Å². The summed E-state index contributed by atoms with van der Waals surface area (Å²) in [5, 5.41) is 8.95. The van der Waals surface area contributed by atoms with Crippen LogP contribution in [0.3, 0.4) is 0 Å². The first-order valence-corrected chi connectivity index (χ1v) is 27.4. The number of hydrogen-bond donors (Lipinski definition) is 0. The fourth-order valence-electron chi connectivity index (χ4n) is 11.5. The van der Waals surface area contributed by atoms with Crippen LogP contribution in [0.4, 0.5) is 0 Å². The van der Waals surface area contributed by atoms with Crippen molar-refractivity contribution < 1.29 is 0 Å². The van der Waals surface area contributed by atoms with E-state index in [0.717, 1.165) is 0 Å². The highest BCUT2D eigenvalue weighted by atomic mass is 32.1. The molecule has 6 aromatic carbocycles. The Balaban J connectivity index is 1.10. The summed E-state index contributed by atoms with van der Waals surface area (Å²) < 4.78 is 7.56. The second kappa shape index (κ2) is 16.0. The van der Waals surface area contributed by atoms with Crippen molar-refractivity contribution in [1.82, 2.24) is 18.6 Å². The predicted molar refractivity (Wildman–Crippen MR) is 310 cm³/mol. The standard InChI is InChI=1S/C65H68N4S2/c1-62(2,3)39-16-22-51-45(33-39)46-34-40(63(4,5)6)17-23-52(46)67(51)43-20-26-55-49(37-43)50-38-44(68-53-24-18-41(64(7,8)9)35-47(53)48-36-42(65(10,11)12)19-25-54(48)68)21-27-56(50)69(55)61-31-30-60(71-61)59-29-28-58(70-59)57-15-14-32-66(57)13/h16-31,33-38,57H,14-15,32H2,1-13H3. The number of rotatable bonds is 5. The Labute approximate surface area is 428 Å². The van der Waals surface area contributed by atoms with Gasteiger partial charge in [-0.25, -0.2) is 0 Å². The Morgan fingerprint density at radius 2 is 0.732 bits per heavy atom. The highest BCUT2D eigenvalue weighted by molar-refractivity contribution is 7.23. The minimum absolute atomic E-state index is 0.0307. The lowest BCUT2D eigenvalue weighted by molar-refractivity contribution is 0.321. The van der Waals surface area contributed by atoms with Crippen LogP contribution in [0.15, 0.2) is 133 Å². The van der Waals surface area contributed by atoms with E-state index in [0.29, 0.717) is 6.04 Å². The summed E-state index contributed by atoms with van der Waals surface area (Å²) in [4.78, 5) is 6.68. The molecule has 1 fully saturated rings. The van der Waals surface area contributed by atoms with Crippen molar-refractivity contribution >= 4 is 88.1 Å². The third-order valence-electron chi connectivity index (χ3n) is 15.8. The lowest BCUT2D eigenvalue weighted by atomic mass is 9.85. The second-order valence-corrected chi connectivity index (χ2v) is 27.0. The highest BCUT2D eigenvalue weighted by Crippen LogP contribution is 2.45. The summed E-state index contributed by atoms with van der Waals surface area (Å²) in [7, 11) is 2.28. The molecule has 1 atom stereocenters. The number of likely N-dealkylation sites (tertiary alicyclic amines) is 1. The van der Waals surface area contributed by atoms with Crippen molar-refractivity contribution in [2.45, 2.75) is 124 Å². The third-order valence-corrected chi connectivity index (χ3v) is 18.2. The molecule has 0 radical (unpaired) electrons. The Kier molecular flexibility index (Phi) is 10.4. The van der Waals surface area contributed by atoms with Gasteiger partial charge in [0.05, 0.1) is 33.1 Å². The second-order valence-electron chi connectivity index (χ2n) is 24.8. The maximum Gasteiger partial charge on any atom is 0.101 e. The Bertz CT molecular complexity index is 3570. The van der Waals surface area contributed by atoms with Crippen LogP contribution >= 0.6 is 22.7 Å². The van der Waals surface area contributed by atoms with Crippen LogP contribution in [-0.4, -0.2) is 32.2 Å². The van der Waals surface area contributed by atoms with Gasteiger partial charge in [0, 0.05) is 64.4 Å². The van der Waals surface area contributed by atoms with Crippen LogP contribution in [0.2, 0.25) is 0 Å². The zero-order valence-corrected chi connectivity index (χ0v) is 45.6. The molecule has 1 aliphatic heterocycles. The molecule has 6 heterocycles. The average molecular weight is 969 g/mol. The van der Waals surface area contributed by atoms with E-state index in [9.17, 15) is 0 Å². The Morgan fingerprint density at radius 3 is 1.11 bits per heavy atom. The van der Waals surface area contributed by atoms with Crippen molar-refractivity contribution in [3.63, 3.8) is 0 Å². The van der Waals surface area contributed by atoms with E-state index in [4.69, 9.17) is 0 Å². The zero-order valence-electron chi connectivity index (χ0n) is 44.0. The smallest absolute Gasteiger partial charge is 0.101 e. The molecule has 0 spiro atoms. The monoisotopic (exact) mass is 968 g/mol. The fraction of sp³-hybridized carbons (Fsp3) is 0.323. The minimum Gasteiger partial charge on any atom is -0.309 e. The van der Waals surface area contributed by atoms with E-state index >= 15 is 0 Å². The van der Waals surface area contributed by atoms with Gasteiger partial charge >= 0.3 is 0 Å². The van der Waals surface area contributed by atoms with Gasteiger partial charge in [-0.05, 0) is 180 Å². The quantitative estimate of drug-likeness (QED) is 0.168. The summed E-state index contributed by atoms with van der Waals surface area (Å²) in [6.45, 7) is 29.0. The maximum absolute atomic E-state index is 2.53. The fourth-order valence-corrected chi connectivity index (χ4v) is 13.8. The molecular weight excluding hydrogens is 901 g/mol. The minimum atomic E-state index is 0.0307. The number of aromatic nitrogens is 3. The molecule has 1 unspecified atom stereocenters. The Morgan fingerprint density at radius 1 is 0.380 bits per heavy atom. The summed E-state index contributed by atoms with van der Waals surface area (Å²) in [5.74, 6) is 0. The largest absolute Gasteiger partial charge is 0.309 e. The molecule has 0 N–H and O–H groups in total. The predicted octanol–water partition coefficient (Wildman–Crippen LogP) is 18.7. The van der Waals surface area contributed by atoms with Crippen molar-refractivity contribution in [1.29, 1.82) is 0 Å². The van der Waals surface area contributed by atoms with Crippen LogP contribution in [0, 0.1) is 0 Å². The van der Waals surface area contributed by atoms with Gasteiger partial charge in [0.1, 0.15) is 5.00 Å². The van der Waals surface area contributed by atoms with E-state index in [-0.39, 0.29) is 21.7 Å². The summed E-state index contributed by atoms with van der Waals surface area (Å²) >= 11 is 3.87. The van der Waals surface area contributed by atoms with Crippen LogP contribution in [0.1, 0.15) is 129 Å². The zero-order chi connectivity index (χ0) is 49.7. The maximum atomic E-state index is 2.53. The summed E-state index contributed by atoms with van der Waals surface area (Å²) in [6, 6.07) is 53.0. The highest BCUT2D eigenvalue weighted by Gasteiger charge is 2.27. The first-order valence-electron chi connectivity index (χ1n) is 25.8. The lowest BCUT2D eigenvalue weighted by Gasteiger charge is -2.19. The van der Waals surface area contributed by atoms with Gasteiger partial charge in [-0.2, -0.15) is 0 Å². The van der Waals surface area contributed by atoms with Crippen LogP contribution in [-0.2, 0) is 21.7 Å². The summed E-state index contributed by atoms with van der Waals surface area (Å²) in [5.41, 5.74) is 15.2. The SMILES string of the molecule is CN1CCCC1c1ccc(-c2ccc(-n3c4ccc(-n5c6ccc(C(C)(C)C)cc6c6cc(C(C)(C)C)ccc65)cc4c4cc(-n5c6ccc(C(C)(C)C)cc6c6cc(C(C)(C)C)ccc65)ccc43)s2)s1. The van der Waals surface area contributed by atoms with Gasteiger partial charge in [0.25, 0.3) is 0 Å². The molecule has 6 heteroatoms. The van der Waals surface area contributed by atoms with Gasteiger partial charge in [0.15, 0.2) is 0 Å².